The fraction of sp³-hybridized carbons (Fsp3) is 0.647. The van der Waals surface area contributed by atoms with E-state index in [-0.39, 0.29) is 11.8 Å². The highest BCUT2D eigenvalue weighted by Gasteiger charge is 2.26. The van der Waals surface area contributed by atoms with E-state index < -0.39 is 0 Å². The van der Waals surface area contributed by atoms with E-state index in [1.807, 2.05) is 9.80 Å². The number of likely N-dealkylation sites (tertiary alicyclic amines) is 1. The molecule has 1 atom stereocenters. The predicted molar refractivity (Wildman–Crippen MR) is 86.0 cm³/mol. The Hall–Kier alpha value is -1.82. The molecule has 0 N–H and O–H groups in total. The first kappa shape index (κ1) is 16.1. The quantitative estimate of drug-likeness (QED) is 0.842. The number of nitrogens with zero attached hydrogens (tertiary/aromatic N) is 3. The van der Waals surface area contributed by atoms with E-state index in [9.17, 15) is 9.59 Å². The minimum Gasteiger partial charge on any atom is -0.472 e. The highest BCUT2D eigenvalue weighted by atomic mass is 16.3. The number of piperazine rings is 1. The number of hydrogen-bond acceptors (Lipinski definition) is 4. The van der Waals surface area contributed by atoms with E-state index >= 15 is 0 Å². The third-order valence-corrected chi connectivity index (χ3v) is 4.80. The lowest BCUT2D eigenvalue weighted by Gasteiger charge is -2.36. The summed E-state index contributed by atoms with van der Waals surface area (Å²) in [5.74, 6) is 0.845. The number of amides is 2. The highest BCUT2D eigenvalue weighted by molar-refractivity contribution is 5.93. The zero-order valence-corrected chi connectivity index (χ0v) is 13.7. The van der Waals surface area contributed by atoms with Gasteiger partial charge in [-0.1, -0.05) is 6.92 Å². The number of piperidine rings is 1. The Morgan fingerprint density at radius 3 is 2.61 bits per heavy atom. The normalized spacial score (nSPS) is 23.1. The van der Waals surface area contributed by atoms with Gasteiger partial charge in [0.1, 0.15) is 6.26 Å². The Bertz CT molecular complexity index is 535. The van der Waals surface area contributed by atoms with Gasteiger partial charge in [-0.25, -0.2) is 0 Å². The fourth-order valence-corrected chi connectivity index (χ4v) is 3.39. The summed E-state index contributed by atoms with van der Waals surface area (Å²) < 4.78 is 4.97. The van der Waals surface area contributed by atoms with E-state index in [1.165, 1.54) is 18.9 Å². The number of carbonyl (C=O) groups excluding carboxylic acids is 2. The standard InChI is InChI=1S/C17H25N3O3/c1-14-3-2-5-20(11-14)16(21)12-18-6-8-19(9-7-18)17(22)15-4-10-23-13-15/h4,10,13-14H,2-3,5-9,11-12H2,1H3. The predicted octanol–water partition coefficient (Wildman–Crippen LogP) is 1.30. The molecule has 2 fully saturated rings. The zero-order chi connectivity index (χ0) is 16.2. The molecule has 2 aliphatic heterocycles. The molecule has 0 aromatic carbocycles. The van der Waals surface area contributed by atoms with Crippen LogP contribution in [0.2, 0.25) is 0 Å². The number of furan rings is 1. The molecular formula is C17H25N3O3. The van der Waals surface area contributed by atoms with Crippen LogP contribution in [-0.4, -0.2) is 72.3 Å². The Morgan fingerprint density at radius 1 is 1.17 bits per heavy atom. The van der Waals surface area contributed by atoms with Crippen LogP contribution in [0, 0.1) is 5.92 Å². The van der Waals surface area contributed by atoms with Gasteiger partial charge in [0.05, 0.1) is 18.4 Å². The Kier molecular flexibility index (Phi) is 5.00. The third-order valence-electron chi connectivity index (χ3n) is 4.80. The second kappa shape index (κ2) is 7.17. The first-order valence-electron chi connectivity index (χ1n) is 8.45. The summed E-state index contributed by atoms with van der Waals surface area (Å²) in [6.45, 7) is 7.28. The van der Waals surface area contributed by atoms with Crippen molar-refractivity contribution in [2.45, 2.75) is 19.8 Å². The van der Waals surface area contributed by atoms with E-state index in [0.717, 1.165) is 32.6 Å². The van der Waals surface area contributed by atoms with Gasteiger partial charge in [0.2, 0.25) is 5.91 Å². The van der Waals surface area contributed by atoms with Gasteiger partial charge in [0, 0.05) is 39.3 Å². The lowest BCUT2D eigenvalue weighted by Crippen LogP contribution is -2.52. The molecule has 0 radical (unpaired) electrons. The van der Waals surface area contributed by atoms with Crippen molar-refractivity contribution in [3.05, 3.63) is 24.2 Å². The maximum Gasteiger partial charge on any atom is 0.257 e. The van der Waals surface area contributed by atoms with Crippen LogP contribution in [0.15, 0.2) is 23.0 Å². The molecule has 2 aliphatic rings. The maximum absolute atomic E-state index is 12.4. The molecule has 1 unspecified atom stereocenters. The molecule has 2 amide bonds. The summed E-state index contributed by atoms with van der Waals surface area (Å²) in [5, 5.41) is 0. The van der Waals surface area contributed by atoms with Crippen LogP contribution in [-0.2, 0) is 4.79 Å². The van der Waals surface area contributed by atoms with Crippen molar-refractivity contribution in [1.29, 1.82) is 0 Å². The molecule has 0 bridgehead atoms. The van der Waals surface area contributed by atoms with Gasteiger partial charge in [-0.15, -0.1) is 0 Å². The molecular weight excluding hydrogens is 294 g/mol. The average Bonchev–Trinajstić information content (AvgIpc) is 3.09. The van der Waals surface area contributed by atoms with Crippen molar-refractivity contribution in [3.8, 4) is 0 Å². The summed E-state index contributed by atoms with van der Waals surface area (Å²) in [5.41, 5.74) is 0.594. The molecule has 3 heterocycles. The molecule has 0 spiro atoms. The van der Waals surface area contributed by atoms with Gasteiger partial charge in [-0.3, -0.25) is 14.5 Å². The average molecular weight is 319 g/mol. The molecule has 0 aliphatic carbocycles. The van der Waals surface area contributed by atoms with Crippen molar-refractivity contribution in [1.82, 2.24) is 14.7 Å². The largest absolute Gasteiger partial charge is 0.472 e. The molecule has 1 aromatic rings. The zero-order valence-electron chi connectivity index (χ0n) is 13.7. The maximum atomic E-state index is 12.4. The first-order valence-corrected chi connectivity index (χ1v) is 8.45. The van der Waals surface area contributed by atoms with Crippen molar-refractivity contribution < 1.29 is 14.0 Å². The summed E-state index contributed by atoms with van der Waals surface area (Å²) in [7, 11) is 0. The van der Waals surface area contributed by atoms with Crippen molar-refractivity contribution in [2.75, 3.05) is 45.8 Å². The van der Waals surface area contributed by atoms with Crippen molar-refractivity contribution in [3.63, 3.8) is 0 Å². The second-order valence-electron chi connectivity index (χ2n) is 6.67. The molecule has 23 heavy (non-hydrogen) atoms. The summed E-state index contributed by atoms with van der Waals surface area (Å²) in [6, 6.07) is 1.69. The van der Waals surface area contributed by atoms with Crippen molar-refractivity contribution >= 4 is 11.8 Å². The van der Waals surface area contributed by atoms with E-state index in [1.54, 1.807) is 6.07 Å². The fourth-order valence-electron chi connectivity index (χ4n) is 3.39. The van der Waals surface area contributed by atoms with Gasteiger partial charge in [0.15, 0.2) is 0 Å². The van der Waals surface area contributed by atoms with Gasteiger partial charge in [0.25, 0.3) is 5.91 Å². The van der Waals surface area contributed by atoms with E-state index in [0.29, 0.717) is 31.1 Å². The third kappa shape index (κ3) is 3.93. The van der Waals surface area contributed by atoms with Crippen LogP contribution in [0.3, 0.4) is 0 Å². The summed E-state index contributed by atoms with van der Waals surface area (Å²) in [4.78, 5) is 30.6. The van der Waals surface area contributed by atoms with Crippen LogP contribution >= 0.6 is 0 Å². The number of hydrogen-bond donors (Lipinski definition) is 0. The smallest absolute Gasteiger partial charge is 0.257 e. The molecule has 6 nitrogen and oxygen atoms in total. The molecule has 2 saturated heterocycles. The van der Waals surface area contributed by atoms with Crippen LogP contribution in [0.5, 0.6) is 0 Å². The van der Waals surface area contributed by atoms with Gasteiger partial charge < -0.3 is 14.2 Å². The molecule has 0 saturated carbocycles. The highest BCUT2D eigenvalue weighted by Crippen LogP contribution is 2.16. The lowest BCUT2D eigenvalue weighted by molar-refractivity contribution is -0.134. The summed E-state index contributed by atoms with van der Waals surface area (Å²) >= 11 is 0. The van der Waals surface area contributed by atoms with Crippen LogP contribution < -0.4 is 0 Å². The molecule has 126 valence electrons. The van der Waals surface area contributed by atoms with Crippen LogP contribution in [0.1, 0.15) is 30.1 Å². The van der Waals surface area contributed by atoms with E-state index in [2.05, 4.69) is 11.8 Å². The first-order chi connectivity index (χ1) is 11.1. The Labute approximate surface area is 137 Å². The monoisotopic (exact) mass is 319 g/mol. The Balaban J connectivity index is 1.45. The summed E-state index contributed by atoms with van der Waals surface area (Å²) in [6.07, 6.45) is 5.33. The minimum absolute atomic E-state index is 0.00887. The lowest BCUT2D eigenvalue weighted by atomic mass is 10.0. The van der Waals surface area contributed by atoms with Gasteiger partial charge in [-0.05, 0) is 24.8 Å². The SMILES string of the molecule is CC1CCCN(C(=O)CN2CCN(C(=O)c3ccoc3)CC2)C1. The van der Waals surface area contributed by atoms with E-state index in [4.69, 9.17) is 4.42 Å². The Morgan fingerprint density at radius 2 is 1.96 bits per heavy atom. The second-order valence-corrected chi connectivity index (χ2v) is 6.67. The topological polar surface area (TPSA) is 57.0 Å². The number of carbonyl (C=O) groups is 2. The minimum atomic E-state index is 0.00887. The molecule has 3 rings (SSSR count). The van der Waals surface area contributed by atoms with Gasteiger partial charge >= 0.3 is 0 Å². The molecule has 6 heteroatoms. The van der Waals surface area contributed by atoms with Crippen LogP contribution in [0.25, 0.3) is 0 Å². The molecule has 1 aromatic heterocycles. The van der Waals surface area contributed by atoms with Crippen molar-refractivity contribution in [2.24, 2.45) is 5.92 Å². The number of rotatable bonds is 3. The van der Waals surface area contributed by atoms with Gasteiger partial charge in [-0.2, -0.15) is 0 Å². The van der Waals surface area contributed by atoms with Crippen LogP contribution in [0.4, 0.5) is 0 Å².